The van der Waals surface area contributed by atoms with Crippen LogP contribution in [0.4, 0.5) is 0 Å². The van der Waals surface area contributed by atoms with E-state index in [2.05, 4.69) is 4.98 Å². The van der Waals surface area contributed by atoms with E-state index >= 15 is 0 Å². The molecule has 5 heteroatoms. The lowest BCUT2D eigenvalue weighted by Gasteiger charge is -2.10. The maximum Gasteiger partial charge on any atom is 0.339 e. The lowest BCUT2D eigenvalue weighted by Crippen LogP contribution is -2.07. The first kappa shape index (κ1) is 20.0. The van der Waals surface area contributed by atoms with Gasteiger partial charge in [0.05, 0.1) is 0 Å². The van der Waals surface area contributed by atoms with Gasteiger partial charge in [0.1, 0.15) is 22.8 Å². The number of carbonyl (C=O) groups is 2. The van der Waals surface area contributed by atoms with Crippen LogP contribution >= 0.6 is 0 Å². The molecule has 0 unspecified atom stereocenters. The van der Waals surface area contributed by atoms with Gasteiger partial charge in [-0.15, -0.1) is 0 Å². The van der Waals surface area contributed by atoms with Gasteiger partial charge in [-0.2, -0.15) is 0 Å². The molecule has 0 saturated carbocycles. The summed E-state index contributed by atoms with van der Waals surface area (Å²) >= 11 is 0. The van der Waals surface area contributed by atoms with Crippen LogP contribution in [0.2, 0.25) is 0 Å². The van der Waals surface area contributed by atoms with Crippen LogP contribution in [-0.4, -0.2) is 21.8 Å². The first-order chi connectivity index (χ1) is 15.0. The van der Waals surface area contributed by atoms with Gasteiger partial charge >= 0.3 is 5.97 Å². The van der Waals surface area contributed by atoms with E-state index in [0.29, 0.717) is 5.75 Å². The van der Waals surface area contributed by atoms with Gasteiger partial charge in [0.15, 0.2) is 0 Å². The summed E-state index contributed by atoms with van der Waals surface area (Å²) in [5, 5.41) is 9.60. The Bertz CT molecular complexity index is 1250. The quantitative estimate of drug-likeness (QED) is 0.409. The smallest absolute Gasteiger partial charge is 0.339 e. The molecule has 0 atom stereocenters. The Hall–Kier alpha value is -4.25. The Balaban J connectivity index is 1.61. The number of benzene rings is 3. The van der Waals surface area contributed by atoms with E-state index in [1.54, 1.807) is 42.6 Å². The van der Waals surface area contributed by atoms with Gasteiger partial charge in [-0.3, -0.25) is 9.78 Å². The third-order valence-electron chi connectivity index (χ3n) is 4.79. The molecule has 0 amide bonds. The molecule has 0 bridgehead atoms. The first-order valence-corrected chi connectivity index (χ1v) is 9.69. The summed E-state index contributed by atoms with van der Waals surface area (Å²) in [6.45, 7) is 2.01. The summed E-state index contributed by atoms with van der Waals surface area (Å²) in [5.41, 5.74) is 3.43. The van der Waals surface area contributed by atoms with Crippen molar-refractivity contribution >= 4 is 11.8 Å². The number of carboxylic acid groups (broad SMARTS) is 1. The topological polar surface area (TPSA) is 76.5 Å². The van der Waals surface area contributed by atoms with E-state index in [1.807, 2.05) is 43.3 Å². The normalized spacial score (nSPS) is 10.5. The molecule has 0 aliphatic heterocycles. The molecule has 5 nitrogen and oxygen atoms in total. The Morgan fingerprint density at radius 2 is 1.65 bits per heavy atom. The monoisotopic (exact) mass is 409 g/mol. The fraction of sp³-hybridized carbons (Fsp3) is 0.0385. The molecular formula is C26H19NO4. The van der Waals surface area contributed by atoms with E-state index in [0.717, 1.165) is 16.7 Å². The average molecular weight is 409 g/mol. The largest absolute Gasteiger partial charge is 0.478 e. The number of para-hydroxylation sites is 1. The highest BCUT2D eigenvalue weighted by Gasteiger charge is 2.18. The van der Waals surface area contributed by atoms with Crippen molar-refractivity contribution in [2.45, 2.75) is 6.92 Å². The highest BCUT2D eigenvalue weighted by molar-refractivity contribution is 6.09. The molecule has 3 aromatic carbocycles. The van der Waals surface area contributed by atoms with Crippen LogP contribution in [0.5, 0.6) is 11.5 Å². The molecule has 31 heavy (non-hydrogen) atoms. The van der Waals surface area contributed by atoms with Gasteiger partial charge in [-0.05, 0) is 48.9 Å². The molecule has 1 heterocycles. The van der Waals surface area contributed by atoms with Gasteiger partial charge < -0.3 is 9.84 Å². The minimum Gasteiger partial charge on any atom is -0.478 e. The fourth-order valence-electron chi connectivity index (χ4n) is 3.21. The first-order valence-electron chi connectivity index (χ1n) is 9.69. The van der Waals surface area contributed by atoms with Gasteiger partial charge in [0.2, 0.25) is 5.78 Å². The maximum absolute atomic E-state index is 12.9. The van der Waals surface area contributed by atoms with Crippen LogP contribution in [0.3, 0.4) is 0 Å². The van der Waals surface area contributed by atoms with Crippen molar-refractivity contribution in [2.75, 3.05) is 0 Å². The number of ketones is 1. The fourth-order valence-corrected chi connectivity index (χ4v) is 3.21. The Kier molecular flexibility index (Phi) is 5.58. The number of carboxylic acids is 1. The minimum absolute atomic E-state index is 0.0916. The molecule has 0 saturated heterocycles. The molecule has 1 N–H and O–H groups in total. The third kappa shape index (κ3) is 4.51. The van der Waals surface area contributed by atoms with Crippen molar-refractivity contribution in [1.82, 2.24) is 4.98 Å². The predicted molar refractivity (Wildman–Crippen MR) is 118 cm³/mol. The van der Waals surface area contributed by atoms with Gasteiger partial charge in [-0.25, -0.2) is 4.79 Å². The minimum atomic E-state index is -1.18. The Morgan fingerprint density at radius 1 is 0.839 bits per heavy atom. The van der Waals surface area contributed by atoms with Gasteiger partial charge in [0, 0.05) is 17.3 Å². The van der Waals surface area contributed by atoms with Crippen LogP contribution in [0.25, 0.3) is 11.1 Å². The van der Waals surface area contributed by atoms with E-state index in [1.165, 1.54) is 12.1 Å². The van der Waals surface area contributed by atoms with Crippen molar-refractivity contribution in [1.29, 1.82) is 0 Å². The molecule has 4 aromatic rings. The van der Waals surface area contributed by atoms with Crippen LogP contribution in [-0.2, 0) is 0 Å². The van der Waals surface area contributed by atoms with Crippen molar-refractivity contribution in [3.8, 4) is 22.6 Å². The number of rotatable bonds is 6. The number of ether oxygens (including phenoxy) is 1. The number of nitrogens with zero attached hydrogens (tertiary/aromatic N) is 1. The van der Waals surface area contributed by atoms with Gasteiger partial charge in [0.25, 0.3) is 0 Å². The summed E-state index contributed by atoms with van der Waals surface area (Å²) < 4.78 is 5.68. The van der Waals surface area contributed by atoms with Crippen LogP contribution in [0, 0.1) is 6.92 Å². The zero-order valence-electron chi connectivity index (χ0n) is 16.8. The molecular weight excluding hydrogens is 390 g/mol. The number of aryl methyl sites for hydroxylation is 1. The van der Waals surface area contributed by atoms with Crippen molar-refractivity contribution in [3.63, 3.8) is 0 Å². The van der Waals surface area contributed by atoms with Crippen molar-refractivity contribution in [2.24, 2.45) is 0 Å². The van der Waals surface area contributed by atoms with Crippen LogP contribution in [0.15, 0.2) is 91.1 Å². The third-order valence-corrected chi connectivity index (χ3v) is 4.79. The molecule has 0 aliphatic carbocycles. The average Bonchev–Trinajstić information content (AvgIpc) is 2.79. The van der Waals surface area contributed by atoms with E-state index in [9.17, 15) is 14.7 Å². The number of hydrogen-bond donors (Lipinski definition) is 1. The SMILES string of the molecule is Cc1cccc(-c2ccc(C(=O)c3ccc(Oc4ccccc4)c(C(=O)O)c3)nc2)c1. The number of hydrogen-bond acceptors (Lipinski definition) is 4. The predicted octanol–water partition coefficient (Wildman–Crippen LogP) is 5.78. The summed E-state index contributed by atoms with van der Waals surface area (Å²) in [5.74, 6) is -0.858. The van der Waals surface area contributed by atoms with Crippen LogP contribution < -0.4 is 4.74 Å². The van der Waals surface area contributed by atoms with E-state index in [-0.39, 0.29) is 28.4 Å². The zero-order valence-corrected chi connectivity index (χ0v) is 16.8. The molecule has 0 spiro atoms. The standard InChI is InChI=1S/C26H19NO4/c1-17-6-5-7-18(14-17)20-10-12-23(27-16-20)25(28)19-11-13-24(22(15-19)26(29)30)31-21-8-3-2-4-9-21/h2-16H,1H3,(H,29,30). The van der Waals surface area contributed by atoms with Gasteiger partial charge in [-0.1, -0.05) is 54.1 Å². The molecule has 1 aromatic heterocycles. The summed E-state index contributed by atoms with van der Waals surface area (Å²) in [6, 6.07) is 24.7. The lowest BCUT2D eigenvalue weighted by atomic mass is 10.0. The number of aromatic carboxylic acids is 1. The second kappa shape index (κ2) is 8.63. The number of pyridine rings is 1. The highest BCUT2D eigenvalue weighted by atomic mass is 16.5. The summed E-state index contributed by atoms with van der Waals surface area (Å²) in [4.78, 5) is 28.9. The van der Waals surface area contributed by atoms with Crippen molar-refractivity contribution < 1.29 is 19.4 Å². The maximum atomic E-state index is 12.9. The molecule has 0 fully saturated rings. The van der Waals surface area contributed by atoms with Crippen LogP contribution in [0.1, 0.15) is 32.0 Å². The zero-order chi connectivity index (χ0) is 21.8. The number of carbonyl (C=O) groups excluding carboxylic acids is 1. The molecule has 152 valence electrons. The molecule has 0 aliphatic rings. The van der Waals surface area contributed by atoms with Crippen molar-refractivity contribution in [3.05, 3.63) is 114 Å². The Labute approximate surface area is 179 Å². The van der Waals surface area contributed by atoms with E-state index < -0.39 is 5.97 Å². The van der Waals surface area contributed by atoms with E-state index in [4.69, 9.17) is 4.74 Å². The highest BCUT2D eigenvalue weighted by Crippen LogP contribution is 2.27. The second-order valence-electron chi connectivity index (χ2n) is 7.06. The molecule has 0 radical (unpaired) electrons. The molecule has 4 rings (SSSR count). The Morgan fingerprint density at radius 3 is 2.32 bits per heavy atom. The summed E-state index contributed by atoms with van der Waals surface area (Å²) in [6.07, 6.45) is 1.65. The number of aromatic nitrogens is 1. The lowest BCUT2D eigenvalue weighted by molar-refractivity contribution is 0.0694. The second-order valence-corrected chi connectivity index (χ2v) is 7.06. The summed E-state index contributed by atoms with van der Waals surface area (Å²) in [7, 11) is 0.